The Morgan fingerprint density at radius 3 is 2.83 bits per heavy atom. The largest absolute Gasteiger partial charge is 0.351 e. The molecule has 2 rings (SSSR count). The molecular weight excluding hydrogens is 326 g/mol. The van der Waals surface area contributed by atoms with Gasteiger partial charge in [0.1, 0.15) is 0 Å². The summed E-state index contributed by atoms with van der Waals surface area (Å²) in [6, 6.07) is 5.61. The molecule has 0 fully saturated rings. The average Bonchev–Trinajstić information content (AvgIpc) is 2.98. The van der Waals surface area contributed by atoms with Gasteiger partial charge < -0.3 is 5.32 Å². The molecule has 2 heterocycles. The summed E-state index contributed by atoms with van der Waals surface area (Å²) >= 11 is 1.25. The van der Waals surface area contributed by atoms with Crippen molar-refractivity contribution in [3.63, 3.8) is 0 Å². The molecule has 0 aliphatic carbocycles. The first-order chi connectivity index (χ1) is 11.3. The summed E-state index contributed by atoms with van der Waals surface area (Å²) in [6.45, 7) is 7.66. The summed E-state index contributed by atoms with van der Waals surface area (Å²) in [6.07, 6.45) is 1.71. The molecule has 0 unspecified atom stereocenters. The maximum absolute atomic E-state index is 11.8. The quantitative estimate of drug-likeness (QED) is 0.419. The van der Waals surface area contributed by atoms with Crippen molar-refractivity contribution in [1.29, 1.82) is 0 Å². The fourth-order valence-corrected chi connectivity index (χ4v) is 2.31. The number of hydrogen-bond donors (Lipinski definition) is 3. The van der Waals surface area contributed by atoms with Crippen LogP contribution >= 0.6 is 11.8 Å². The summed E-state index contributed by atoms with van der Waals surface area (Å²) in [5.41, 5.74) is 4.05. The van der Waals surface area contributed by atoms with E-state index in [1.165, 1.54) is 11.8 Å². The molecule has 8 nitrogen and oxygen atoms in total. The number of H-pyrrole nitrogens is 1. The lowest BCUT2D eigenvalue weighted by molar-refractivity contribution is -0.119. The van der Waals surface area contributed by atoms with Gasteiger partial charge in [0.25, 0.3) is 0 Å². The standard InChI is InChI=1S/C15H21N7OS/c1-10(11-7-5-6-8-16-11)19-20-13-17-14(22-21-13)24-9-12(23)18-15(2,3)4/h5-8H,9H2,1-4H3,(H,18,23)(H2,17,20,21,22)/b19-10+. The van der Waals surface area contributed by atoms with Gasteiger partial charge in [-0.3, -0.25) is 9.78 Å². The lowest BCUT2D eigenvalue weighted by Crippen LogP contribution is -2.41. The maximum Gasteiger partial charge on any atom is 0.240 e. The number of carbonyl (C=O) groups is 1. The van der Waals surface area contributed by atoms with E-state index in [0.717, 1.165) is 11.4 Å². The Kier molecular flexibility index (Phi) is 5.91. The van der Waals surface area contributed by atoms with Crippen LogP contribution in [0.15, 0.2) is 34.7 Å². The minimum Gasteiger partial charge on any atom is -0.351 e. The van der Waals surface area contributed by atoms with Crippen molar-refractivity contribution in [3.05, 3.63) is 30.1 Å². The van der Waals surface area contributed by atoms with Crippen LogP contribution in [0.1, 0.15) is 33.4 Å². The molecule has 0 radical (unpaired) electrons. The number of hydrazone groups is 1. The fraction of sp³-hybridized carbons (Fsp3) is 0.400. The minimum atomic E-state index is -0.249. The summed E-state index contributed by atoms with van der Waals surface area (Å²) in [5, 5.41) is 14.3. The van der Waals surface area contributed by atoms with E-state index in [1.54, 1.807) is 6.20 Å². The van der Waals surface area contributed by atoms with E-state index in [2.05, 4.69) is 36.0 Å². The maximum atomic E-state index is 11.8. The Morgan fingerprint density at radius 2 is 2.17 bits per heavy atom. The zero-order chi connectivity index (χ0) is 17.6. The van der Waals surface area contributed by atoms with Gasteiger partial charge in [0.2, 0.25) is 17.0 Å². The predicted molar refractivity (Wildman–Crippen MR) is 95.1 cm³/mol. The highest BCUT2D eigenvalue weighted by atomic mass is 32.2. The molecule has 0 saturated carbocycles. The van der Waals surface area contributed by atoms with Crippen molar-refractivity contribution < 1.29 is 4.79 Å². The van der Waals surface area contributed by atoms with Crippen molar-refractivity contribution >= 4 is 29.3 Å². The molecular formula is C15H21N7OS. The van der Waals surface area contributed by atoms with E-state index in [-0.39, 0.29) is 17.2 Å². The predicted octanol–water partition coefficient (Wildman–Crippen LogP) is 2.04. The topological polar surface area (TPSA) is 108 Å². The van der Waals surface area contributed by atoms with Crippen LogP contribution in [-0.2, 0) is 4.79 Å². The second-order valence-corrected chi connectivity index (χ2v) is 7.02. The number of nitrogens with zero attached hydrogens (tertiary/aromatic N) is 4. The molecule has 0 saturated heterocycles. The van der Waals surface area contributed by atoms with Crippen molar-refractivity contribution in [1.82, 2.24) is 25.5 Å². The SMILES string of the molecule is C/C(=N\Nc1nc(SCC(=O)NC(C)(C)C)n[nH]1)c1ccccn1. The number of rotatable bonds is 6. The van der Waals surface area contributed by atoms with E-state index in [9.17, 15) is 4.79 Å². The molecule has 0 bridgehead atoms. The molecule has 3 N–H and O–H groups in total. The molecule has 0 aliphatic rings. The first-order valence-corrected chi connectivity index (χ1v) is 8.40. The Balaban J connectivity index is 1.86. The lowest BCUT2D eigenvalue weighted by atomic mass is 10.1. The second-order valence-electron chi connectivity index (χ2n) is 6.08. The summed E-state index contributed by atoms with van der Waals surface area (Å²) in [5.74, 6) is 0.602. The van der Waals surface area contributed by atoms with Crippen LogP contribution in [0.3, 0.4) is 0 Å². The number of pyridine rings is 1. The highest BCUT2D eigenvalue weighted by Gasteiger charge is 2.14. The van der Waals surface area contributed by atoms with Crippen LogP contribution in [0.2, 0.25) is 0 Å². The number of nitrogens with one attached hydrogen (secondary N) is 3. The number of amides is 1. The van der Waals surface area contributed by atoms with Crippen molar-refractivity contribution in [2.24, 2.45) is 5.10 Å². The molecule has 2 aromatic heterocycles. The van der Waals surface area contributed by atoms with Crippen LogP contribution in [0, 0.1) is 0 Å². The first kappa shape index (κ1) is 17.9. The number of aromatic nitrogens is 4. The molecule has 0 atom stereocenters. The minimum absolute atomic E-state index is 0.0594. The van der Waals surface area contributed by atoms with Gasteiger partial charge >= 0.3 is 0 Å². The molecule has 1 amide bonds. The number of aromatic amines is 1. The van der Waals surface area contributed by atoms with Gasteiger partial charge in [0.15, 0.2) is 0 Å². The highest BCUT2D eigenvalue weighted by molar-refractivity contribution is 7.99. The van der Waals surface area contributed by atoms with Gasteiger partial charge in [-0.05, 0) is 39.8 Å². The number of hydrogen-bond acceptors (Lipinski definition) is 7. The number of carbonyl (C=O) groups excluding carboxylic acids is 1. The monoisotopic (exact) mass is 347 g/mol. The third-order valence-electron chi connectivity index (χ3n) is 2.68. The van der Waals surface area contributed by atoms with Gasteiger partial charge in [-0.15, -0.1) is 5.10 Å². The number of thioether (sulfide) groups is 1. The van der Waals surface area contributed by atoms with E-state index < -0.39 is 0 Å². The first-order valence-electron chi connectivity index (χ1n) is 7.41. The zero-order valence-electron chi connectivity index (χ0n) is 14.1. The summed E-state index contributed by atoms with van der Waals surface area (Å²) in [4.78, 5) is 20.2. The van der Waals surface area contributed by atoms with Crippen LogP contribution < -0.4 is 10.7 Å². The van der Waals surface area contributed by atoms with Crippen LogP contribution in [0.5, 0.6) is 0 Å². The van der Waals surface area contributed by atoms with Crippen LogP contribution in [0.4, 0.5) is 5.95 Å². The molecule has 0 aliphatic heterocycles. The van der Waals surface area contributed by atoms with Gasteiger partial charge in [-0.1, -0.05) is 17.8 Å². The smallest absolute Gasteiger partial charge is 0.240 e. The third-order valence-corrected chi connectivity index (χ3v) is 3.52. The Hall–Kier alpha value is -2.42. The normalized spacial score (nSPS) is 12.1. The Labute approximate surface area is 144 Å². The average molecular weight is 347 g/mol. The van der Waals surface area contributed by atoms with E-state index >= 15 is 0 Å². The van der Waals surface area contributed by atoms with Gasteiger partial charge in [0.05, 0.1) is 17.2 Å². The molecule has 128 valence electrons. The van der Waals surface area contributed by atoms with E-state index in [0.29, 0.717) is 11.1 Å². The van der Waals surface area contributed by atoms with E-state index in [4.69, 9.17) is 0 Å². The Bertz CT molecular complexity index is 706. The third kappa shape index (κ3) is 5.99. The van der Waals surface area contributed by atoms with Crippen molar-refractivity contribution in [3.8, 4) is 0 Å². The lowest BCUT2D eigenvalue weighted by Gasteiger charge is -2.19. The van der Waals surface area contributed by atoms with Crippen molar-refractivity contribution in [2.45, 2.75) is 38.4 Å². The fourth-order valence-electron chi connectivity index (χ4n) is 1.72. The molecule has 9 heteroatoms. The zero-order valence-corrected chi connectivity index (χ0v) is 14.9. The molecule has 24 heavy (non-hydrogen) atoms. The van der Waals surface area contributed by atoms with E-state index in [1.807, 2.05) is 45.9 Å². The summed E-state index contributed by atoms with van der Waals surface area (Å²) < 4.78 is 0. The van der Waals surface area contributed by atoms with Crippen molar-refractivity contribution in [2.75, 3.05) is 11.2 Å². The van der Waals surface area contributed by atoms with Gasteiger partial charge in [0, 0.05) is 11.7 Å². The van der Waals surface area contributed by atoms with Gasteiger partial charge in [-0.25, -0.2) is 10.5 Å². The summed E-state index contributed by atoms with van der Waals surface area (Å²) in [7, 11) is 0. The highest BCUT2D eigenvalue weighted by Crippen LogP contribution is 2.14. The second kappa shape index (κ2) is 7.91. The molecule has 0 spiro atoms. The number of anilines is 1. The van der Waals surface area contributed by atoms with Gasteiger partial charge in [-0.2, -0.15) is 10.1 Å². The molecule has 2 aromatic rings. The Morgan fingerprint density at radius 1 is 1.38 bits per heavy atom. The van der Waals surface area contributed by atoms with Crippen LogP contribution in [-0.4, -0.2) is 43.1 Å². The van der Waals surface area contributed by atoms with Crippen LogP contribution in [0.25, 0.3) is 0 Å². The molecule has 0 aromatic carbocycles.